The Bertz CT molecular complexity index is 681. The Kier molecular flexibility index (Phi) is 3.70. The van der Waals surface area contributed by atoms with Crippen LogP contribution < -0.4 is 0 Å². The predicted molar refractivity (Wildman–Crippen MR) is 75.5 cm³/mol. The van der Waals surface area contributed by atoms with Crippen molar-refractivity contribution in [3.63, 3.8) is 0 Å². The predicted octanol–water partition coefficient (Wildman–Crippen LogP) is 2.68. The highest BCUT2D eigenvalue weighted by atomic mass is 79.9. The normalized spacial score (nSPS) is 21.1. The average Bonchev–Trinajstić information content (AvgIpc) is 3.10. The molecule has 0 spiro atoms. The molecule has 20 heavy (non-hydrogen) atoms. The van der Waals surface area contributed by atoms with E-state index < -0.39 is 10.0 Å². The smallest absolute Gasteiger partial charge is 0.277 e. The van der Waals surface area contributed by atoms with Crippen LogP contribution >= 0.6 is 15.9 Å². The van der Waals surface area contributed by atoms with Crippen molar-refractivity contribution in [2.75, 3.05) is 6.54 Å². The average molecular weight is 360 g/mol. The van der Waals surface area contributed by atoms with Gasteiger partial charge >= 0.3 is 0 Å². The number of hydrogen-bond acceptors (Lipinski definition) is 4. The van der Waals surface area contributed by atoms with Gasteiger partial charge in [-0.2, -0.15) is 4.31 Å². The van der Waals surface area contributed by atoms with Crippen molar-refractivity contribution in [3.05, 3.63) is 35.0 Å². The van der Waals surface area contributed by atoms with Crippen molar-refractivity contribution in [2.45, 2.75) is 30.4 Å². The second-order valence-electron chi connectivity index (χ2n) is 4.66. The van der Waals surface area contributed by atoms with E-state index in [0.29, 0.717) is 17.0 Å². The van der Waals surface area contributed by atoms with E-state index in [1.54, 1.807) is 18.5 Å². The summed E-state index contributed by atoms with van der Waals surface area (Å²) in [5, 5.41) is -0.0390. The first-order chi connectivity index (χ1) is 9.59. The summed E-state index contributed by atoms with van der Waals surface area (Å²) in [6.45, 7) is 0.478. The van der Waals surface area contributed by atoms with Crippen molar-refractivity contribution < 1.29 is 12.8 Å². The lowest BCUT2D eigenvalue weighted by atomic mass is 10.0. The van der Waals surface area contributed by atoms with Crippen molar-refractivity contribution in [1.82, 2.24) is 14.3 Å². The van der Waals surface area contributed by atoms with Crippen LogP contribution in [0.5, 0.6) is 0 Å². The van der Waals surface area contributed by atoms with E-state index in [0.717, 1.165) is 19.3 Å². The molecule has 1 atom stereocenters. The van der Waals surface area contributed by atoms with Crippen LogP contribution in [0.4, 0.5) is 0 Å². The van der Waals surface area contributed by atoms with E-state index in [4.69, 9.17) is 4.42 Å². The number of piperidine rings is 1. The molecule has 1 aliphatic rings. The minimum atomic E-state index is -3.64. The molecule has 2 aromatic heterocycles. The highest BCUT2D eigenvalue weighted by Gasteiger charge is 2.37. The Morgan fingerprint density at radius 2 is 2.25 bits per heavy atom. The van der Waals surface area contributed by atoms with E-state index >= 15 is 0 Å². The van der Waals surface area contributed by atoms with Crippen LogP contribution in [-0.2, 0) is 10.0 Å². The van der Waals surface area contributed by atoms with Gasteiger partial charge in [-0.3, -0.25) is 0 Å². The third kappa shape index (κ3) is 2.43. The van der Waals surface area contributed by atoms with Crippen LogP contribution in [0.25, 0.3) is 0 Å². The molecule has 1 saturated heterocycles. The van der Waals surface area contributed by atoms with Crippen LogP contribution in [0, 0.1) is 0 Å². The van der Waals surface area contributed by atoms with Crippen LogP contribution in [0.1, 0.15) is 31.1 Å². The van der Waals surface area contributed by atoms with Gasteiger partial charge in [-0.25, -0.2) is 13.4 Å². The first-order valence-electron chi connectivity index (χ1n) is 6.35. The second kappa shape index (κ2) is 5.34. The number of nitrogens with one attached hydrogen (secondary N) is 1. The Balaban J connectivity index is 1.97. The van der Waals surface area contributed by atoms with Gasteiger partial charge in [0.15, 0.2) is 4.67 Å². The summed E-state index contributed by atoms with van der Waals surface area (Å²) < 4.78 is 32.5. The van der Waals surface area contributed by atoms with Crippen molar-refractivity contribution in [2.24, 2.45) is 0 Å². The van der Waals surface area contributed by atoms with Crippen molar-refractivity contribution >= 4 is 26.0 Å². The summed E-state index contributed by atoms with van der Waals surface area (Å²) in [7, 11) is -3.64. The fraction of sp³-hybridized carbons (Fsp3) is 0.417. The Morgan fingerprint density at radius 1 is 1.40 bits per heavy atom. The molecule has 8 heteroatoms. The fourth-order valence-corrected chi connectivity index (χ4v) is 4.47. The zero-order valence-electron chi connectivity index (χ0n) is 10.6. The number of halogens is 1. The molecular weight excluding hydrogens is 346 g/mol. The van der Waals surface area contributed by atoms with Gasteiger partial charge in [0, 0.05) is 18.9 Å². The lowest BCUT2D eigenvalue weighted by Crippen LogP contribution is -2.38. The molecule has 1 N–H and O–H groups in total. The molecule has 1 fully saturated rings. The molecule has 0 amide bonds. The maximum atomic E-state index is 12.7. The van der Waals surface area contributed by atoms with E-state index in [1.165, 1.54) is 10.4 Å². The fourth-order valence-electron chi connectivity index (χ4n) is 2.48. The van der Waals surface area contributed by atoms with E-state index in [2.05, 4.69) is 25.9 Å². The highest BCUT2D eigenvalue weighted by Crippen LogP contribution is 2.34. The number of sulfonamides is 1. The molecule has 0 unspecified atom stereocenters. The molecule has 0 radical (unpaired) electrons. The monoisotopic (exact) mass is 359 g/mol. The molecule has 0 aliphatic carbocycles. The molecular formula is C12H14BrN3O3S. The third-order valence-corrected chi connectivity index (χ3v) is 5.61. The van der Waals surface area contributed by atoms with Gasteiger partial charge in [-0.15, -0.1) is 0 Å². The van der Waals surface area contributed by atoms with E-state index in [1.807, 2.05) is 0 Å². The topological polar surface area (TPSA) is 79.2 Å². The Hall–Kier alpha value is -1.12. The van der Waals surface area contributed by atoms with Gasteiger partial charge in [-0.05, 0) is 40.9 Å². The lowest BCUT2D eigenvalue weighted by molar-refractivity contribution is 0.241. The molecule has 6 nitrogen and oxygen atoms in total. The maximum Gasteiger partial charge on any atom is 0.277 e. The van der Waals surface area contributed by atoms with Gasteiger partial charge < -0.3 is 9.40 Å². The van der Waals surface area contributed by atoms with Gasteiger partial charge in [0.25, 0.3) is 10.0 Å². The zero-order chi connectivity index (χ0) is 14.2. The summed E-state index contributed by atoms with van der Waals surface area (Å²) in [6, 6.07) is 2.79. The summed E-state index contributed by atoms with van der Waals surface area (Å²) in [5.74, 6) is 0.680. The van der Waals surface area contributed by atoms with E-state index in [9.17, 15) is 8.42 Å². The number of furan rings is 1. The molecule has 0 aromatic carbocycles. The van der Waals surface area contributed by atoms with Gasteiger partial charge in [0.1, 0.15) is 5.82 Å². The maximum absolute atomic E-state index is 12.7. The number of aromatic amines is 1. The van der Waals surface area contributed by atoms with Crippen LogP contribution in [0.15, 0.2) is 38.7 Å². The molecule has 0 saturated carbocycles. The highest BCUT2D eigenvalue weighted by molar-refractivity contribution is 9.10. The molecule has 2 aromatic rings. The van der Waals surface area contributed by atoms with Crippen molar-refractivity contribution in [1.29, 1.82) is 0 Å². The minimum absolute atomic E-state index is 0.0390. The van der Waals surface area contributed by atoms with Gasteiger partial charge in [0.2, 0.25) is 5.09 Å². The summed E-state index contributed by atoms with van der Waals surface area (Å²) in [4.78, 5) is 7.21. The van der Waals surface area contributed by atoms with Crippen molar-refractivity contribution in [3.8, 4) is 0 Å². The number of nitrogens with zero attached hydrogens (tertiary/aromatic N) is 2. The minimum Gasteiger partial charge on any atom is -0.437 e. The zero-order valence-corrected chi connectivity index (χ0v) is 13.0. The molecule has 3 rings (SSSR count). The summed E-state index contributed by atoms with van der Waals surface area (Å²) >= 11 is 3.13. The van der Waals surface area contributed by atoms with Gasteiger partial charge in [0.05, 0.1) is 6.04 Å². The van der Waals surface area contributed by atoms with E-state index in [-0.39, 0.29) is 11.1 Å². The summed E-state index contributed by atoms with van der Waals surface area (Å²) in [6.07, 6.45) is 5.93. The Labute approximate surface area is 125 Å². The number of aromatic nitrogens is 2. The quantitative estimate of drug-likeness (QED) is 0.913. The number of H-pyrrole nitrogens is 1. The molecule has 108 valence electrons. The first-order valence-corrected chi connectivity index (χ1v) is 8.59. The van der Waals surface area contributed by atoms with Gasteiger partial charge in [-0.1, -0.05) is 6.42 Å². The lowest BCUT2D eigenvalue weighted by Gasteiger charge is -2.32. The largest absolute Gasteiger partial charge is 0.437 e. The Morgan fingerprint density at radius 3 is 2.90 bits per heavy atom. The number of hydrogen-bond donors (Lipinski definition) is 1. The SMILES string of the molecule is O=S(=O)(c1ccc(Br)o1)N1CCCC[C@H]1c1ncc[nH]1. The molecule has 3 heterocycles. The second-order valence-corrected chi connectivity index (χ2v) is 7.26. The van der Waals surface area contributed by atoms with Crippen LogP contribution in [0.3, 0.4) is 0 Å². The van der Waals surface area contributed by atoms with Crippen LogP contribution in [-0.4, -0.2) is 29.2 Å². The number of imidazole rings is 1. The molecule has 0 bridgehead atoms. The number of rotatable bonds is 3. The third-order valence-electron chi connectivity index (χ3n) is 3.40. The first kappa shape index (κ1) is 13.8. The standard InChI is InChI=1S/C12H14BrN3O3S/c13-10-4-5-11(19-10)20(17,18)16-8-2-1-3-9(16)12-14-6-7-15-12/h4-7,9H,1-3,8H2,(H,14,15)/t9-/m0/s1. The van der Waals surface area contributed by atoms with Crippen LogP contribution in [0.2, 0.25) is 0 Å². The summed E-state index contributed by atoms with van der Waals surface area (Å²) in [5.41, 5.74) is 0. The molecule has 1 aliphatic heterocycles.